The van der Waals surface area contributed by atoms with Crippen LogP contribution in [0.15, 0.2) is 58.5 Å². The molecule has 0 unspecified atom stereocenters. The summed E-state index contributed by atoms with van der Waals surface area (Å²) in [6.07, 6.45) is 0.844. The Kier molecular flexibility index (Phi) is 4.41. The van der Waals surface area contributed by atoms with Gasteiger partial charge in [-0.25, -0.2) is 8.42 Å². The summed E-state index contributed by atoms with van der Waals surface area (Å²) in [5.74, 6) is 0.106. The first-order valence-electron chi connectivity index (χ1n) is 7.43. The number of hydrazone groups is 1. The first-order chi connectivity index (χ1) is 11.0. The first kappa shape index (κ1) is 16.0. The molecule has 2 aromatic rings. The Hall–Kier alpha value is -1.85. The molecule has 0 amide bonds. The first-order valence-corrected chi connectivity index (χ1v) is 9.46. The largest absolute Gasteiger partial charge is 0.265 e. The highest BCUT2D eigenvalue weighted by molar-refractivity contribution is 7.91. The van der Waals surface area contributed by atoms with Gasteiger partial charge in [-0.05, 0) is 42.0 Å². The molecule has 23 heavy (non-hydrogen) atoms. The fourth-order valence-corrected chi connectivity index (χ4v) is 3.49. The molecule has 1 aliphatic heterocycles. The summed E-state index contributed by atoms with van der Waals surface area (Å²) >= 11 is 5.91. The zero-order chi connectivity index (χ0) is 16.4. The molecule has 4 nitrogen and oxygen atoms in total. The Bertz CT molecular complexity index is 828. The van der Waals surface area contributed by atoms with Crippen molar-refractivity contribution in [2.24, 2.45) is 5.10 Å². The molecule has 0 saturated carbocycles. The third-order valence-electron chi connectivity index (χ3n) is 3.85. The fraction of sp³-hybridized carbons (Fsp3) is 0.235. The number of hydrogen-bond acceptors (Lipinski definition) is 4. The van der Waals surface area contributed by atoms with Crippen LogP contribution in [-0.4, -0.2) is 26.4 Å². The SMILES string of the molecule is CCS(=O)(=O)c1ccc(N2CCC(c3ccc(Cl)cc3)=N2)cc1. The minimum Gasteiger partial charge on any atom is -0.265 e. The lowest BCUT2D eigenvalue weighted by molar-refractivity contribution is 0.597. The Morgan fingerprint density at radius 2 is 1.74 bits per heavy atom. The maximum Gasteiger partial charge on any atom is 0.178 e. The van der Waals surface area contributed by atoms with Crippen molar-refractivity contribution in [1.82, 2.24) is 0 Å². The van der Waals surface area contributed by atoms with E-state index in [0.717, 1.165) is 29.9 Å². The van der Waals surface area contributed by atoms with Gasteiger partial charge in [-0.3, -0.25) is 5.01 Å². The number of benzene rings is 2. The summed E-state index contributed by atoms with van der Waals surface area (Å²) in [6.45, 7) is 2.42. The van der Waals surface area contributed by atoms with Crippen LogP contribution < -0.4 is 5.01 Å². The molecular weight excluding hydrogens is 332 g/mol. The maximum absolute atomic E-state index is 11.8. The van der Waals surface area contributed by atoms with E-state index in [4.69, 9.17) is 11.6 Å². The van der Waals surface area contributed by atoms with Gasteiger partial charge >= 0.3 is 0 Å². The summed E-state index contributed by atoms with van der Waals surface area (Å²) < 4.78 is 23.7. The number of rotatable bonds is 4. The fourth-order valence-electron chi connectivity index (χ4n) is 2.48. The van der Waals surface area contributed by atoms with Crippen LogP contribution in [0.25, 0.3) is 0 Å². The second kappa shape index (κ2) is 6.34. The van der Waals surface area contributed by atoms with E-state index >= 15 is 0 Å². The number of nitrogens with zero attached hydrogens (tertiary/aromatic N) is 2. The molecule has 6 heteroatoms. The normalized spacial score (nSPS) is 14.9. The molecule has 3 rings (SSSR count). The lowest BCUT2D eigenvalue weighted by atomic mass is 10.1. The Morgan fingerprint density at radius 3 is 2.35 bits per heavy atom. The van der Waals surface area contributed by atoms with Gasteiger partial charge in [0.2, 0.25) is 0 Å². The van der Waals surface area contributed by atoms with Gasteiger partial charge in [-0.1, -0.05) is 30.7 Å². The van der Waals surface area contributed by atoms with E-state index < -0.39 is 9.84 Å². The van der Waals surface area contributed by atoms with Crippen LogP contribution in [-0.2, 0) is 9.84 Å². The lowest BCUT2D eigenvalue weighted by Crippen LogP contribution is -2.12. The second-order valence-electron chi connectivity index (χ2n) is 5.32. The Morgan fingerprint density at radius 1 is 1.09 bits per heavy atom. The monoisotopic (exact) mass is 348 g/mol. The highest BCUT2D eigenvalue weighted by atomic mass is 35.5. The van der Waals surface area contributed by atoms with Crippen LogP contribution in [0.3, 0.4) is 0 Å². The van der Waals surface area contributed by atoms with E-state index in [-0.39, 0.29) is 5.75 Å². The highest BCUT2D eigenvalue weighted by Gasteiger charge is 2.18. The maximum atomic E-state index is 11.8. The molecule has 120 valence electrons. The summed E-state index contributed by atoms with van der Waals surface area (Å²) in [5, 5.41) is 7.23. The summed E-state index contributed by atoms with van der Waals surface area (Å²) in [6, 6.07) is 14.5. The lowest BCUT2D eigenvalue weighted by Gasteiger charge is -2.13. The van der Waals surface area contributed by atoms with Crippen molar-refractivity contribution in [3.8, 4) is 0 Å². The third-order valence-corrected chi connectivity index (χ3v) is 5.86. The van der Waals surface area contributed by atoms with Crippen LogP contribution >= 0.6 is 11.6 Å². The molecule has 0 aromatic heterocycles. The van der Waals surface area contributed by atoms with Crippen LogP contribution in [0, 0.1) is 0 Å². The summed E-state index contributed by atoms with van der Waals surface area (Å²) in [4.78, 5) is 0.352. The molecular formula is C17H17ClN2O2S. The average Bonchev–Trinajstić information content (AvgIpc) is 3.05. The van der Waals surface area contributed by atoms with E-state index in [1.165, 1.54) is 0 Å². The van der Waals surface area contributed by atoms with E-state index in [9.17, 15) is 8.42 Å². The zero-order valence-corrected chi connectivity index (χ0v) is 14.3. The molecule has 0 bridgehead atoms. The highest BCUT2D eigenvalue weighted by Crippen LogP contribution is 2.24. The minimum atomic E-state index is -3.16. The predicted molar refractivity (Wildman–Crippen MR) is 94.1 cm³/mol. The van der Waals surface area contributed by atoms with E-state index in [0.29, 0.717) is 9.92 Å². The molecule has 2 aromatic carbocycles. The molecule has 0 radical (unpaired) electrons. The van der Waals surface area contributed by atoms with Crippen molar-refractivity contribution < 1.29 is 8.42 Å². The van der Waals surface area contributed by atoms with Gasteiger partial charge in [0, 0.05) is 18.0 Å². The number of hydrogen-bond donors (Lipinski definition) is 0. The van der Waals surface area contributed by atoms with E-state index in [1.54, 1.807) is 31.2 Å². The molecule has 0 atom stereocenters. The van der Waals surface area contributed by atoms with Crippen LogP contribution in [0.5, 0.6) is 0 Å². The standard InChI is InChI=1S/C17H17ClN2O2S/c1-2-23(21,22)16-9-7-15(8-10-16)20-12-11-17(19-20)13-3-5-14(18)6-4-13/h3-10H,2,11-12H2,1H3. The van der Waals surface area contributed by atoms with Crippen molar-refractivity contribution in [1.29, 1.82) is 0 Å². The average molecular weight is 349 g/mol. The number of anilines is 1. The van der Waals surface area contributed by atoms with Gasteiger partial charge in [0.15, 0.2) is 9.84 Å². The van der Waals surface area contributed by atoms with Crippen molar-refractivity contribution in [3.63, 3.8) is 0 Å². The van der Waals surface area contributed by atoms with Gasteiger partial charge in [0.05, 0.1) is 22.0 Å². The molecule has 0 spiro atoms. The van der Waals surface area contributed by atoms with Gasteiger partial charge in [-0.15, -0.1) is 0 Å². The van der Waals surface area contributed by atoms with Gasteiger partial charge in [0.25, 0.3) is 0 Å². The number of sulfone groups is 1. The zero-order valence-electron chi connectivity index (χ0n) is 12.7. The smallest absolute Gasteiger partial charge is 0.178 e. The topological polar surface area (TPSA) is 49.7 Å². The molecule has 0 saturated heterocycles. The van der Waals surface area contributed by atoms with Crippen LogP contribution in [0.4, 0.5) is 5.69 Å². The van der Waals surface area contributed by atoms with Crippen molar-refractivity contribution >= 4 is 32.8 Å². The second-order valence-corrected chi connectivity index (χ2v) is 8.04. The number of halogens is 1. The van der Waals surface area contributed by atoms with Gasteiger partial charge < -0.3 is 0 Å². The Balaban J connectivity index is 1.82. The minimum absolute atomic E-state index is 0.106. The van der Waals surface area contributed by atoms with Crippen molar-refractivity contribution in [2.75, 3.05) is 17.3 Å². The summed E-state index contributed by atoms with van der Waals surface area (Å²) in [5.41, 5.74) is 2.96. The van der Waals surface area contributed by atoms with Crippen molar-refractivity contribution in [3.05, 3.63) is 59.1 Å². The molecule has 0 N–H and O–H groups in total. The van der Waals surface area contributed by atoms with Crippen molar-refractivity contribution in [2.45, 2.75) is 18.2 Å². The molecule has 0 aliphatic carbocycles. The van der Waals surface area contributed by atoms with Crippen LogP contribution in [0.1, 0.15) is 18.9 Å². The molecule has 1 aliphatic rings. The third kappa shape index (κ3) is 3.41. The molecule has 1 heterocycles. The van der Waals surface area contributed by atoms with E-state index in [2.05, 4.69) is 5.10 Å². The van der Waals surface area contributed by atoms with E-state index in [1.807, 2.05) is 29.3 Å². The molecule has 0 fully saturated rings. The van der Waals surface area contributed by atoms with Gasteiger partial charge in [0.1, 0.15) is 0 Å². The Labute approximate surface area is 141 Å². The van der Waals surface area contributed by atoms with Gasteiger partial charge in [-0.2, -0.15) is 5.10 Å². The predicted octanol–water partition coefficient (Wildman–Crippen LogP) is 3.75. The summed E-state index contributed by atoms with van der Waals surface area (Å²) in [7, 11) is -3.16. The van der Waals surface area contributed by atoms with Crippen LogP contribution in [0.2, 0.25) is 5.02 Å². The quantitative estimate of drug-likeness (QED) is 0.845.